The number of rotatable bonds is 1. The second-order valence-corrected chi connectivity index (χ2v) is 3.21. The van der Waals surface area contributed by atoms with E-state index in [1.807, 2.05) is 0 Å². The van der Waals surface area contributed by atoms with Gasteiger partial charge in [0, 0.05) is 12.1 Å². The monoisotopic (exact) mass is 199 g/mol. The van der Waals surface area contributed by atoms with Gasteiger partial charge in [0.25, 0.3) is 0 Å². The van der Waals surface area contributed by atoms with Crippen molar-refractivity contribution in [2.24, 2.45) is 0 Å². The average Bonchev–Trinajstić information content (AvgIpc) is 2.18. The Balaban J connectivity index is 2.47. The van der Waals surface area contributed by atoms with Crippen LogP contribution in [0.4, 0.5) is 0 Å². The summed E-state index contributed by atoms with van der Waals surface area (Å²) >= 11 is 5.97. The number of nitrogens with zero attached hydrogens (tertiary/aromatic N) is 2. The Morgan fingerprint density at radius 2 is 2.31 bits per heavy atom. The fraction of sp³-hybridized carbons (Fsp3) is 0.500. The van der Waals surface area contributed by atoms with E-state index < -0.39 is 0 Å². The van der Waals surface area contributed by atoms with E-state index >= 15 is 0 Å². The Morgan fingerprint density at radius 3 is 3.08 bits per heavy atom. The maximum absolute atomic E-state index is 5.97. The molecule has 0 saturated carbocycles. The molecule has 4 nitrogen and oxygen atoms in total. The summed E-state index contributed by atoms with van der Waals surface area (Å²) < 4.78 is 4.93. The highest BCUT2D eigenvalue weighted by atomic mass is 35.5. The van der Waals surface area contributed by atoms with Crippen LogP contribution in [0, 0.1) is 0 Å². The number of fused-ring (bicyclic) bond motifs is 1. The third-order valence-corrected chi connectivity index (χ3v) is 2.36. The van der Waals surface area contributed by atoms with Gasteiger partial charge in [-0.15, -0.1) is 0 Å². The van der Waals surface area contributed by atoms with Crippen molar-refractivity contribution in [1.82, 2.24) is 15.3 Å². The summed E-state index contributed by atoms with van der Waals surface area (Å²) in [7, 11) is 1.54. The number of hydrogen-bond acceptors (Lipinski definition) is 4. The Morgan fingerprint density at radius 1 is 1.46 bits per heavy atom. The first-order valence-corrected chi connectivity index (χ1v) is 4.49. The van der Waals surface area contributed by atoms with E-state index in [1.165, 1.54) is 7.11 Å². The normalized spacial score (nSPS) is 15.2. The first-order valence-electron chi connectivity index (χ1n) is 4.11. The number of nitrogens with one attached hydrogen (secondary N) is 1. The molecule has 0 fully saturated rings. The SMILES string of the molecule is COc1nc(Cl)c2c(n1)CNCC2. The van der Waals surface area contributed by atoms with E-state index in [1.54, 1.807) is 0 Å². The number of methoxy groups -OCH3 is 1. The molecule has 13 heavy (non-hydrogen) atoms. The Bertz CT molecular complexity index is 329. The van der Waals surface area contributed by atoms with Crippen molar-refractivity contribution in [2.75, 3.05) is 13.7 Å². The van der Waals surface area contributed by atoms with E-state index in [2.05, 4.69) is 15.3 Å². The van der Waals surface area contributed by atoms with E-state index in [0.29, 0.717) is 11.2 Å². The zero-order valence-electron chi connectivity index (χ0n) is 7.30. The molecule has 1 N–H and O–H groups in total. The predicted molar refractivity (Wildman–Crippen MR) is 49.0 cm³/mol. The van der Waals surface area contributed by atoms with Crippen molar-refractivity contribution in [3.8, 4) is 6.01 Å². The number of halogens is 1. The van der Waals surface area contributed by atoms with Crippen molar-refractivity contribution < 1.29 is 4.74 Å². The molecule has 2 rings (SSSR count). The second-order valence-electron chi connectivity index (χ2n) is 2.85. The zero-order valence-corrected chi connectivity index (χ0v) is 8.06. The fourth-order valence-electron chi connectivity index (χ4n) is 1.38. The zero-order chi connectivity index (χ0) is 9.26. The largest absolute Gasteiger partial charge is 0.467 e. The van der Waals surface area contributed by atoms with Gasteiger partial charge in [0.15, 0.2) is 0 Å². The minimum absolute atomic E-state index is 0.340. The number of aromatic nitrogens is 2. The standard InChI is InChI=1S/C8H10ClN3O/c1-13-8-11-6-4-10-3-2-5(6)7(9)12-8/h10H,2-4H2,1H3. The van der Waals surface area contributed by atoms with Crippen LogP contribution in [0.5, 0.6) is 6.01 Å². The molecule has 0 unspecified atom stereocenters. The lowest BCUT2D eigenvalue weighted by molar-refractivity contribution is 0.375. The van der Waals surface area contributed by atoms with E-state index in [0.717, 1.165) is 30.8 Å². The Hall–Kier alpha value is -0.870. The van der Waals surface area contributed by atoms with Crippen molar-refractivity contribution in [3.05, 3.63) is 16.4 Å². The molecule has 0 radical (unpaired) electrons. The van der Waals surface area contributed by atoms with Crippen molar-refractivity contribution in [3.63, 3.8) is 0 Å². The molecule has 1 aromatic heterocycles. The Labute approximate surface area is 81.3 Å². The summed E-state index contributed by atoms with van der Waals surface area (Å²) in [4.78, 5) is 8.22. The first kappa shape index (κ1) is 8.72. The van der Waals surface area contributed by atoms with Crippen LogP contribution in [-0.4, -0.2) is 23.6 Å². The molecule has 0 atom stereocenters. The molecule has 0 saturated heterocycles. The third kappa shape index (κ3) is 1.59. The van der Waals surface area contributed by atoms with Gasteiger partial charge in [-0.05, 0) is 13.0 Å². The molecule has 0 aliphatic carbocycles. The lowest BCUT2D eigenvalue weighted by Gasteiger charge is -2.16. The summed E-state index contributed by atoms with van der Waals surface area (Å²) in [6, 6.07) is 0.340. The molecule has 2 heterocycles. The van der Waals surface area contributed by atoms with E-state index in [4.69, 9.17) is 16.3 Å². The van der Waals surface area contributed by atoms with Gasteiger partial charge >= 0.3 is 6.01 Å². The third-order valence-electron chi connectivity index (χ3n) is 2.05. The molecule has 5 heteroatoms. The first-order chi connectivity index (χ1) is 6.31. The van der Waals surface area contributed by atoms with Crippen molar-refractivity contribution in [2.45, 2.75) is 13.0 Å². The van der Waals surface area contributed by atoms with Crippen LogP contribution in [0.2, 0.25) is 5.15 Å². The van der Waals surface area contributed by atoms with Gasteiger partial charge in [-0.2, -0.15) is 9.97 Å². The molecule has 0 bridgehead atoms. The van der Waals surface area contributed by atoms with E-state index in [-0.39, 0.29) is 0 Å². The topological polar surface area (TPSA) is 47.0 Å². The van der Waals surface area contributed by atoms with Crippen molar-refractivity contribution >= 4 is 11.6 Å². The lowest BCUT2D eigenvalue weighted by atomic mass is 10.1. The summed E-state index contributed by atoms with van der Waals surface area (Å²) in [5.74, 6) is 0. The summed E-state index contributed by atoms with van der Waals surface area (Å²) in [6.45, 7) is 1.68. The van der Waals surface area contributed by atoms with E-state index in [9.17, 15) is 0 Å². The number of ether oxygens (including phenoxy) is 1. The van der Waals surface area contributed by atoms with Crippen LogP contribution < -0.4 is 10.1 Å². The van der Waals surface area contributed by atoms with Crippen LogP contribution >= 0.6 is 11.6 Å². The van der Waals surface area contributed by atoms with Gasteiger partial charge < -0.3 is 10.1 Å². The molecule has 0 amide bonds. The van der Waals surface area contributed by atoms with Crippen LogP contribution in [0.3, 0.4) is 0 Å². The lowest BCUT2D eigenvalue weighted by Crippen LogP contribution is -2.25. The summed E-state index contributed by atoms with van der Waals surface area (Å²) in [5.41, 5.74) is 1.99. The van der Waals surface area contributed by atoms with Gasteiger partial charge in [0.05, 0.1) is 12.8 Å². The van der Waals surface area contributed by atoms with Crippen LogP contribution in [-0.2, 0) is 13.0 Å². The summed E-state index contributed by atoms with van der Waals surface area (Å²) in [5, 5.41) is 3.73. The van der Waals surface area contributed by atoms with Gasteiger partial charge in [0.1, 0.15) is 5.15 Å². The highest BCUT2D eigenvalue weighted by Gasteiger charge is 2.16. The maximum Gasteiger partial charge on any atom is 0.317 e. The van der Waals surface area contributed by atoms with Crippen LogP contribution in [0.25, 0.3) is 0 Å². The minimum Gasteiger partial charge on any atom is -0.467 e. The van der Waals surface area contributed by atoms with Crippen LogP contribution in [0.1, 0.15) is 11.3 Å². The van der Waals surface area contributed by atoms with Crippen molar-refractivity contribution in [1.29, 1.82) is 0 Å². The number of hydrogen-bond donors (Lipinski definition) is 1. The van der Waals surface area contributed by atoms with Gasteiger partial charge in [0.2, 0.25) is 0 Å². The molecular formula is C8H10ClN3O. The highest BCUT2D eigenvalue weighted by Crippen LogP contribution is 2.21. The maximum atomic E-state index is 5.97. The molecule has 0 spiro atoms. The quantitative estimate of drug-likeness (QED) is 0.680. The molecule has 1 aliphatic rings. The minimum atomic E-state index is 0.340. The molecule has 0 aromatic carbocycles. The average molecular weight is 200 g/mol. The van der Waals surface area contributed by atoms with Gasteiger partial charge in [-0.3, -0.25) is 0 Å². The fourth-order valence-corrected chi connectivity index (χ4v) is 1.66. The second kappa shape index (κ2) is 3.47. The molecule has 70 valence electrons. The molecular weight excluding hydrogens is 190 g/mol. The van der Waals surface area contributed by atoms with Crippen LogP contribution in [0.15, 0.2) is 0 Å². The smallest absolute Gasteiger partial charge is 0.317 e. The summed E-state index contributed by atoms with van der Waals surface area (Å²) in [6.07, 6.45) is 0.887. The molecule has 1 aromatic rings. The Kier molecular flexibility index (Phi) is 2.33. The predicted octanol–water partition coefficient (Wildman–Crippen LogP) is 0.784. The van der Waals surface area contributed by atoms with Gasteiger partial charge in [-0.1, -0.05) is 11.6 Å². The van der Waals surface area contributed by atoms with Gasteiger partial charge in [-0.25, -0.2) is 0 Å². The molecule has 1 aliphatic heterocycles. The highest BCUT2D eigenvalue weighted by molar-refractivity contribution is 6.30.